The van der Waals surface area contributed by atoms with E-state index in [1.54, 1.807) is 20.8 Å². The Kier molecular flexibility index (Phi) is 5.35. The largest absolute Gasteiger partial charge is 0.477 e. The maximum atomic E-state index is 12.2. The number of nitrogens with one attached hydrogen (secondary N) is 2. The molecule has 2 aromatic rings. The zero-order chi connectivity index (χ0) is 17.9. The lowest BCUT2D eigenvalue weighted by Crippen LogP contribution is -2.45. The van der Waals surface area contributed by atoms with Gasteiger partial charge in [-0.25, -0.2) is 9.78 Å². The van der Waals surface area contributed by atoms with Gasteiger partial charge in [0.1, 0.15) is 22.2 Å². The Morgan fingerprint density at radius 3 is 2.54 bits per heavy atom. The van der Waals surface area contributed by atoms with Gasteiger partial charge in [-0.2, -0.15) is 0 Å². The van der Waals surface area contributed by atoms with Gasteiger partial charge in [-0.3, -0.25) is 9.59 Å². The quantitative estimate of drug-likeness (QED) is 0.729. The van der Waals surface area contributed by atoms with Crippen LogP contribution in [0.2, 0.25) is 0 Å². The SMILES string of the molecule is Cc1nc(C(C)NC(=O)C(C)NC(=O)c2ccoc2)sc1C(=O)O. The number of amides is 2. The average Bonchev–Trinajstić information content (AvgIpc) is 3.16. The molecule has 24 heavy (non-hydrogen) atoms. The van der Waals surface area contributed by atoms with Crippen molar-refractivity contribution in [2.24, 2.45) is 0 Å². The molecular weight excluding hydrogens is 334 g/mol. The lowest BCUT2D eigenvalue weighted by atomic mass is 10.2. The molecule has 0 aliphatic rings. The summed E-state index contributed by atoms with van der Waals surface area (Å²) in [6.45, 7) is 4.86. The van der Waals surface area contributed by atoms with Crippen molar-refractivity contribution in [3.8, 4) is 0 Å². The first-order valence-corrected chi connectivity index (χ1v) is 7.95. The van der Waals surface area contributed by atoms with Crippen LogP contribution in [-0.2, 0) is 4.79 Å². The van der Waals surface area contributed by atoms with Crippen molar-refractivity contribution in [3.63, 3.8) is 0 Å². The number of nitrogens with zero attached hydrogens (tertiary/aromatic N) is 1. The fourth-order valence-electron chi connectivity index (χ4n) is 1.94. The van der Waals surface area contributed by atoms with Crippen molar-refractivity contribution >= 4 is 29.1 Å². The van der Waals surface area contributed by atoms with Gasteiger partial charge in [0.25, 0.3) is 5.91 Å². The molecule has 2 atom stereocenters. The van der Waals surface area contributed by atoms with Gasteiger partial charge < -0.3 is 20.2 Å². The molecule has 0 saturated heterocycles. The minimum atomic E-state index is -1.05. The van der Waals surface area contributed by atoms with Crippen molar-refractivity contribution in [1.82, 2.24) is 15.6 Å². The summed E-state index contributed by atoms with van der Waals surface area (Å²) in [4.78, 5) is 39.4. The zero-order valence-corrected chi connectivity index (χ0v) is 14.1. The Hall–Kier alpha value is -2.68. The van der Waals surface area contributed by atoms with E-state index in [0.29, 0.717) is 16.3 Å². The molecule has 2 aromatic heterocycles. The van der Waals surface area contributed by atoms with Crippen molar-refractivity contribution in [2.75, 3.05) is 0 Å². The molecule has 0 bridgehead atoms. The van der Waals surface area contributed by atoms with Crippen molar-refractivity contribution in [1.29, 1.82) is 0 Å². The average molecular weight is 351 g/mol. The Labute approximate surface area is 141 Å². The van der Waals surface area contributed by atoms with Crippen LogP contribution >= 0.6 is 11.3 Å². The van der Waals surface area contributed by atoms with E-state index in [0.717, 1.165) is 11.3 Å². The number of rotatable bonds is 6. The molecule has 2 heterocycles. The first kappa shape index (κ1) is 17.7. The highest BCUT2D eigenvalue weighted by molar-refractivity contribution is 7.13. The molecule has 128 valence electrons. The number of carbonyl (C=O) groups is 3. The van der Waals surface area contributed by atoms with E-state index in [9.17, 15) is 14.4 Å². The Bertz CT molecular complexity index is 753. The summed E-state index contributed by atoms with van der Waals surface area (Å²) in [6.07, 6.45) is 2.65. The molecule has 0 radical (unpaired) electrons. The van der Waals surface area contributed by atoms with E-state index in [1.807, 2.05) is 0 Å². The van der Waals surface area contributed by atoms with Crippen molar-refractivity contribution < 1.29 is 23.9 Å². The van der Waals surface area contributed by atoms with Gasteiger partial charge in [0.15, 0.2) is 0 Å². The van der Waals surface area contributed by atoms with Gasteiger partial charge in [-0.05, 0) is 26.8 Å². The number of hydrogen-bond acceptors (Lipinski definition) is 6. The highest BCUT2D eigenvalue weighted by Gasteiger charge is 2.22. The van der Waals surface area contributed by atoms with Gasteiger partial charge in [-0.15, -0.1) is 11.3 Å². The molecule has 0 spiro atoms. The van der Waals surface area contributed by atoms with E-state index in [-0.39, 0.29) is 4.88 Å². The van der Waals surface area contributed by atoms with Crippen LogP contribution in [0.5, 0.6) is 0 Å². The summed E-state index contributed by atoms with van der Waals surface area (Å²) in [6, 6.07) is 0.256. The lowest BCUT2D eigenvalue weighted by molar-refractivity contribution is -0.123. The molecule has 2 unspecified atom stereocenters. The van der Waals surface area contributed by atoms with E-state index >= 15 is 0 Å². The minimum absolute atomic E-state index is 0.146. The number of thiazole rings is 1. The first-order chi connectivity index (χ1) is 11.3. The number of aromatic carboxylic acids is 1. The monoisotopic (exact) mass is 351 g/mol. The summed E-state index contributed by atoms with van der Waals surface area (Å²) < 4.78 is 4.82. The minimum Gasteiger partial charge on any atom is -0.477 e. The Morgan fingerprint density at radius 1 is 1.29 bits per heavy atom. The lowest BCUT2D eigenvalue weighted by Gasteiger charge is -2.16. The number of aryl methyl sites for hydroxylation is 1. The maximum absolute atomic E-state index is 12.2. The third-order valence-electron chi connectivity index (χ3n) is 3.26. The van der Waals surface area contributed by atoms with Gasteiger partial charge >= 0.3 is 5.97 Å². The van der Waals surface area contributed by atoms with E-state index in [4.69, 9.17) is 9.52 Å². The predicted octanol–water partition coefficient (Wildman–Crippen LogP) is 1.74. The molecule has 0 fully saturated rings. The molecule has 0 saturated carbocycles. The van der Waals surface area contributed by atoms with Crippen LogP contribution in [0.3, 0.4) is 0 Å². The Morgan fingerprint density at radius 2 is 2.00 bits per heavy atom. The standard InChI is InChI=1S/C15H17N3O5S/c1-7-11(15(21)22)24-14(18-7)9(3)17-12(19)8(2)16-13(20)10-4-5-23-6-10/h4-6,8-9H,1-3H3,(H,16,20)(H,17,19)(H,21,22). The summed E-state index contributed by atoms with van der Waals surface area (Å²) in [5.41, 5.74) is 0.731. The first-order valence-electron chi connectivity index (χ1n) is 7.13. The number of hydrogen-bond donors (Lipinski definition) is 3. The molecule has 8 nitrogen and oxygen atoms in total. The normalized spacial score (nSPS) is 13.1. The number of furan rings is 1. The third-order valence-corrected chi connectivity index (χ3v) is 4.59. The second kappa shape index (κ2) is 7.26. The summed E-state index contributed by atoms with van der Waals surface area (Å²) in [7, 11) is 0. The molecule has 9 heteroatoms. The van der Waals surface area contributed by atoms with Gasteiger partial charge in [0.2, 0.25) is 5.91 Å². The van der Waals surface area contributed by atoms with Crippen LogP contribution < -0.4 is 10.6 Å². The highest BCUT2D eigenvalue weighted by Crippen LogP contribution is 2.23. The molecular formula is C15H17N3O5S. The predicted molar refractivity (Wildman–Crippen MR) is 86.0 cm³/mol. The second-order valence-corrected chi connectivity index (χ2v) is 6.24. The second-order valence-electron chi connectivity index (χ2n) is 5.21. The van der Waals surface area contributed by atoms with E-state index in [1.165, 1.54) is 18.6 Å². The van der Waals surface area contributed by atoms with E-state index < -0.39 is 29.9 Å². The molecule has 2 amide bonds. The summed E-state index contributed by atoms with van der Waals surface area (Å²) in [5.74, 6) is -1.86. The molecule has 3 N–H and O–H groups in total. The van der Waals surface area contributed by atoms with Crippen LogP contribution in [0.4, 0.5) is 0 Å². The molecule has 0 aliphatic heterocycles. The van der Waals surface area contributed by atoms with Crippen LogP contribution in [0.25, 0.3) is 0 Å². The zero-order valence-electron chi connectivity index (χ0n) is 13.3. The van der Waals surface area contributed by atoms with Gasteiger partial charge in [-0.1, -0.05) is 0 Å². The van der Waals surface area contributed by atoms with Crippen molar-refractivity contribution in [3.05, 3.63) is 39.7 Å². The number of carbonyl (C=O) groups excluding carboxylic acids is 2. The summed E-state index contributed by atoms with van der Waals surface area (Å²) >= 11 is 1.02. The van der Waals surface area contributed by atoms with Crippen LogP contribution in [-0.4, -0.2) is 33.9 Å². The van der Waals surface area contributed by atoms with Crippen LogP contribution in [0, 0.1) is 6.92 Å². The molecule has 0 aromatic carbocycles. The smallest absolute Gasteiger partial charge is 0.347 e. The number of aromatic nitrogens is 1. The van der Waals surface area contributed by atoms with Gasteiger partial charge in [0.05, 0.1) is 23.6 Å². The topological polar surface area (TPSA) is 122 Å². The Balaban J connectivity index is 1.96. The third kappa shape index (κ3) is 3.99. The molecule has 0 aliphatic carbocycles. The van der Waals surface area contributed by atoms with E-state index in [2.05, 4.69) is 15.6 Å². The highest BCUT2D eigenvalue weighted by atomic mass is 32.1. The van der Waals surface area contributed by atoms with Crippen LogP contribution in [0.15, 0.2) is 23.0 Å². The van der Waals surface area contributed by atoms with Gasteiger partial charge in [0, 0.05) is 0 Å². The fraction of sp³-hybridized carbons (Fsp3) is 0.333. The summed E-state index contributed by atoms with van der Waals surface area (Å²) in [5, 5.41) is 14.8. The molecule has 2 rings (SSSR count). The number of carboxylic acid groups (broad SMARTS) is 1. The maximum Gasteiger partial charge on any atom is 0.347 e. The fourth-order valence-corrected chi connectivity index (χ4v) is 2.85. The number of carboxylic acids is 1. The van der Waals surface area contributed by atoms with Crippen LogP contribution in [0.1, 0.15) is 50.6 Å². The van der Waals surface area contributed by atoms with Crippen molar-refractivity contribution in [2.45, 2.75) is 32.9 Å².